The zero-order valence-electron chi connectivity index (χ0n) is 9.35. The van der Waals surface area contributed by atoms with E-state index in [9.17, 15) is 0 Å². The largest absolute Gasteiger partial charge is 0.266 e. The van der Waals surface area contributed by atoms with Crippen LogP contribution in [-0.4, -0.2) is 30.2 Å². The quantitative estimate of drug-likeness (QED) is 0.683. The van der Waals surface area contributed by atoms with Crippen LogP contribution in [0.25, 0.3) is 5.69 Å². The van der Waals surface area contributed by atoms with Gasteiger partial charge in [-0.2, -0.15) is 5.10 Å². The predicted octanol–water partition coefficient (Wildman–Crippen LogP) is 1.38. The molecular weight excluding hydrogens is 216 g/mol. The third-order valence-electron chi connectivity index (χ3n) is 2.12. The number of nitrogens with zero attached hydrogens (tertiary/aromatic N) is 5. The number of rotatable bonds is 1. The monoisotopic (exact) mass is 228 g/mol. The van der Waals surface area contributed by atoms with Crippen LogP contribution in [0, 0.1) is 6.92 Å². The number of aromatic nitrogens is 6. The van der Waals surface area contributed by atoms with E-state index < -0.39 is 0 Å². The Kier molecular flexibility index (Phi) is 3.59. The maximum atomic E-state index is 3.91. The van der Waals surface area contributed by atoms with Gasteiger partial charge in [0.25, 0.3) is 0 Å². The van der Waals surface area contributed by atoms with Crippen LogP contribution in [0.4, 0.5) is 0 Å². The summed E-state index contributed by atoms with van der Waals surface area (Å²) >= 11 is 0. The van der Waals surface area contributed by atoms with Crippen LogP contribution >= 0.6 is 0 Å². The molecule has 0 amide bonds. The van der Waals surface area contributed by atoms with E-state index in [2.05, 4.69) is 38.5 Å². The van der Waals surface area contributed by atoms with Gasteiger partial charge in [0.05, 0.1) is 18.1 Å². The topological polar surface area (TPSA) is 72.3 Å². The molecule has 3 rings (SSSR count). The fourth-order valence-electron chi connectivity index (χ4n) is 1.32. The fraction of sp³-hybridized carbons (Fsp3) is 0.0909. The van der Waals surface area contributed by atoms with E-state index in [-0.39, 0.29) is 0 Å². The van der Waals surface area contributed by atoms with E-state index in [4.69, 9.17) is 0 Å². The molecule has 6 heteroatoms. The lowest BCUT2D eigenvalue weighted by Crippen LogP contribution is -1.96. The molecule has 6 nitrogen and oxygen atoms in total. The van der Waals surface area contributed by atoms with Gasteiger partial charge < -0.3 is 0 Å². The van der Waals surface area contributed by atoms with Crippen molar-refractivity contribution in [3.8, 4) is 5.69 Å². The lowest BCUT2D eigenvalue weighted by Gasteiger charge is -2.02. The molecule has 0 aliphatic rings. The second-order valence-electron chi connectivity index (χ2n) is 3.29. The molecule has 17 heavy (non-hydrogen) atoms. The van der Waals surface area contributed by atoms with Crippen molar-refractivity contribution in [3.05, 3.63) is 54.9 Å². The molecule has 0 aliphatic heterocycles. The lowest BCUT2D eigenvalue weighted by molar-refractivity contribution is 0.798. The Morgan fingerprint density at radius 3 is 2.65 bits per heavy atom. The molecule has 86 valence electrons. The highest BCUT2D eigenvalue weighted by Crippen LogP contribution is 2.10. The Hall–Kier alpha value is -2.50. The molecule has 0 spiro atoms. The van der Waals surface area contributed by atoms with Crippen molar-refractivity contribution in [2.45, 2.75) is 6.92 Å². The van der Waals surface area contributed by atoms with Gasteiger partial charge in [0, 0.05) is 0 Å². The van der Waals surface area contributed by atoms with Gasteiger partial charge in [0.2, 0.25) is 0 Å². The lowest BCUT2D eigenvalue weighted by atomic mass is 10.2. The zero-order valence-corrected chi connectivity index (χ0v) is 9.35. The van der Waals surface area contributed by atoms with Crippen LogP contribution in [0.3, 0.4) is 0 Å². The Labute approximate surface area is 98.3 Å². The van der Waals surface area contributed by atoms with Gasteiger partial charge in [-0.15, -0.1) is 5.10 Å². The third-order valence-corrected chi connectivity index (χ3v) is 2.12. The molecule has 0 radical (unpaired) electrons. The second-order valence-corrected chi connectivity index (χ2v) is 3.29. The van der Waals surface area contributed by atoms with Crippen molar-refractivity contribution in [3.63, 3.8) is 0 Å². The highest BCUT2D eigenvalue weighted by Gasteiger charge is 1.98. The highest BCUT2D eigenvalue weighted by molar-refractivity contribution is 5.38. The number of benzene rings is 1. The van der Waals surface area contributed by atoms with Crippen LogP contribution in [0.15, 0.2) is 49.3 Å². The minimum atomic E-state index is 1.08. The van der Waals surface area contributed by atoms with Crippen LogP contribution in [0.5, 0.6) is 0 Å². The third kappa shape index (κ3) is 2.97. The summed E-state index contributed by atoms with van der Waals surface area (Å²) < 4.78 is 1.76. The molecule has 3 aromatic rings. The molecule has 0 fully saturated rings. The molecule has 2 heterocycles. The summed E-state index contributed by atoms with van der Waals surface area (Å²) in [7, 11) is 0. The van der Waals surface area contributed by atoms with Crippen LogP contribution in [0.2, 0.25) is 0 Å². The molecule has 2 aromatic heterocycles. The molecule has 0 unspecified atom stereocenters. The molecule has 1 aromatic carbocycles. The highest BCUT2D eigenvalue weighted by atomic mass is 15.4. The number of hydrogen-bond acceptors (Lipinski definition) is 4. The summed E-state index contributed by atoms with van der Waals surface area (Å²) in [4.78, 5) is 3.56. The van der Waals surface area contributed by atoms with Crippen molar-refractivity contribution in [2.75, 3.05) is 0 Å². The van der Waals surface area contributed by atoms with Crippen LogP contribution < -0.4 is 0 Å². The standard InChI is InChI=1S/C9H9N3.C2H3N3/c1-8-4-2-3-5-9(8)12-7-6-10-11-12;1-3-2-5-4-1/h2-7H,1H3;1-2H,(H,3,4,5). The molecule has 0 saturated heterocycles. The molecule has 0 saturated carbocycles. The average molecular weight is 228 g/mol. The van der Waals surface area contributed by atoms with Crippen LogP contribution in [-0.2, 0) is 0 Å². The van der Waals surface area contributed by atoms with Crippen molar-refractivity contribution >= 4 is 0 Å². The Balaban J connectivity index is 0.000000181. The molecule has 1 N–H and O–H groups in total. The Morgan fingerprint density at radius 1 is 1.24 bits per heavy atom. The van der Waals surface area contributed by atoms with Gasteiger partial charge in [0.15, 0.2) is 0 Å². The Bertz CT molecular complexity index is 512. The minimum absolute atomic E-state index is 1.08. The maximum absolute atomic E-state index is 3.91. The molecular formula is C11H12N6. The summed E-state index contributed by atoms with van der Waals surface area (Å²) in [5.41, 5.74) is 2.28. The van der Waals surface area contributed by atoms with E-state index in [1.807, 2.05) is 24.4 Å². The normalized spacial score (nSPS) is 9.47. The number of para-hydroxylation sites is 1. The predicted molar refractivity (Wildman–Crippen MR) is 62.5 cm³/mol. The number of aromatic amines is 1. The number of H-pyrrole nitrogens is 1. The second kappa shape index (κ2) is 5.55. The van der Waals surface area contributed by atoms with Gasteiger partial charge in [0.1, 0.15) is 12.7 Å². The Morgan fingerprint density at radius 2 is 2.12 bits per heavy atom. The summed E-state index contributed by atoms with van der Waals surface area (Å²) in [6, 6.07) is 8.07. The van der Waals surface area contributed by atoms with E-state index in [1.54, 1.807) is 10.9 Å². The maximum Gasteiger partial charge on any atom is 0.137 e. The zero-order chi connectivity index (χ0) is 11.9. The van der Waals surface area contributed by atoms with Gasteiger partial charge in [-0.1, -0.05) is 23.4 Å². The van der Waals surface area contributed by atoms with E-state index >= 15 is 0 Å². The van der Waals surface area contributed by atoms with Gasteiger partial charge in [-0.25, -0.2) is 9.67 Å². The van der Waals surface area contributed by atoms with Crippen molar-refractivity contribution < 1.29 is 0 Å². The number of aryl methyl sites for hydroxylation is 1. The van der Waals surface area contributed by atoms with Gasteiger partial charge >= 0.3 is 0 Å². The molecule has 0 bridgehead atoms. The SMILES string of the molecule is Cc1ccccc1-n1ccnn1.c1nc[nH]n1. The summed E-state index contributed by atoms with van der Waals surface area (Å²) in [6.45, 7) is 2.05. The molecule has 0 aliphatic carbocycles. The van der Waals surface area contributed by atoms with Gasteiger partial charge in [-0.05, 0) is 18.6 Å². The minimum Gasteiger partial charge on any atom is -0.266 e. The van der Waals surface area contributed by atoms with Crippen LogP contribution in [0.1, 0.15) is 5.56 Å². The van der Waals surface area contributed by atoms with E-state index in [0.29, 0.717) is 0 Å². The molecule has 0 atom stereocenters. The first-order valence-corrected chi connectivity index (χ1v) is 5.09. The first kappa shape index (κ1) is 11.0. The fourth-order valence-corrected chi connectivity index (χ4v) is 1.32. The summed E-state index contributed by atoms with van der Waals surface area (Å²) in [5, 5.41) is 13.7. The van der Waals surface area contributed by atoms with Gasteiger partial charge in [-0.3, -0.25) is 5.10 Å². The average Bonchev–Trinajstić information content (AvgIpc) is 3.06. The van der Waals surface area contributed by atoms with E-state index in [1.165, 1.54) is 18.2 Å². The summed E-state index contributed by atoms with van der Waals surface area (Å²) in [5.74, 6) is 0. The first-order valence-electron chi connectivity index (χ1n) is 5.09. The first-order chi connectivity index (χ1) is 8.38. The summed E-state index contributed by atoms with van der Waals surface area (Å²) in [6.07, 6.45) is 6.47. The van der Waals surface area contributed by atoms with Crippen molar-refractivity contribution in [1.82, 2.24) is 30.2 Å². The number of hydrogen-bond donors (Lipinski definition) is 1. The number of nitrogens with one attached hydrogen (secondary N) is 1. The van der Waals surface area contributed by atoms with Crippen molar-refractivity contribution in [1.29, 1.82) is 0 Å². The van der Waals surface area contributed by atoms with E-state index in [0.717, 1.165) is 5.69 Å². The smallest absolute Gasteiger partial charge is 0.137 e. The van der Waals surface area contributed by atoms with Crippen molar-refractivity contribution in [2.24, 2.45) is 0 Å².